The third-order valence-electron chi connectivity index (χ3n) is 4.32. The Labute approximate surface area is 125 Å². The molecule has 1 N–H and O–H groups in total. The molecule has 2 aliphatic rings. The molecule has 4 nitrogen and oxygen atoms in total. The Bertz CT molecular complexity index is 618. The van der Waals surface area contributed by atoms with Crippen LogP contribution in [0.25, 0.3) is 0 Å². The second kappa shape index (κ2) is 5.30. The van der Waals surface area contributed by atoms with Gasteiger partial charge >= 0.3 is 0 Å². The first-order valence-corrected chi connectivity index (χ1v) is 8.80. The predicted molar refractivity (Wildman–Crippen MR) is 79.5 cm³/mol. The summed E-state index contributed by atoms with van der Waals surface area (Å²) in [5.74, 6) is 0.433. The zero-order valence-corrected chi connectivity index (χ0v) is 13.0. The number of halogens is 1. The maximum absolute atomic E-state index is 12.7. The Morgan fingerprint density at radius 1 is 1.35 bits per heavy atom. The molecule has 3 rings (SSSR count). The molecule has 0 aromatic heterocycles. The highest BCUT2D eigenvalue weighted by Crippen LogP contribution is 2.31. The lowest BCUT2D eigenvalue weighted by Crippen LogP contribution is -2.46. The van der Waals surface area contributed by atoms with E-state index < -0.39 is 10.0 Å². The van der Waals surface area contributed by atoms with Gasteiger partial charge < -0.3 is 5.32 Å². The van der Waals surface area contributed by atoms with E-state index in [-0.39, 0.29) is 4.90 Å². The van der Waals surface area contributed by atoms with E-state index in [4.69, 9.17) is 11.6 Å². The molecule has 0 saturated carbocycles. The molecule has 6 heteroatoms. The maximum atomic E-state index is 12.7. The zero-order valence-electron chi connectivity index (χ0n) is 11.5. The average molecular weight is 315 g/mol. The van der Waals surface area contributed by atoms with Crippen molar-refractivity contribution in [3.63, 3.8) is 0 Å². The van der Waals surface area contributed by atoms with Gasteiger partial charge in [-0.3, -0.25) is 0 Å². The molecule has 0 spiro atoms. The smallest absolute Gasteiger partial charge is 0.244 e. The van der Waals surface area contributed by atoms with Crippen LogP contribution in [0.2, 0.25) is 5.02 Å². The Morgan fingerprint density at radius 2 is 2.15 bits per heavy atom. The zero-order chi connectivity index (χ0) is 14.3. The number of fused-ring (bicyclic) bond motifs is 1. The number of rotatable bonds is 2. The van der Waals surface area contributed by atoms with Gasteiger partial charge in [0.15, 0.2) is 0 Å². The standard InChI is InChI=1S/C14H19ClN2O2S/c1-10-2-3-14(12(15)8-10)20(18,19)17-7-5-13-11(9-17)4-6-16-13/h2-3,8,11,13,16H,4-7,9H2,1H3. The van der Waals surface area contributed by atoms with Crippen LogP contribution in [0.3, 0.4) is 0 Å². The fraction of sp³-hybridized carbons (Fsp3) is 0.571. The van der Waals surface area contributed by atoms with Crippen LogP contribution in [0.15, 0.2) is 23.1 Å². The Hall–Kier alpha value is -0.620. The molecule has 0 bridgehead atoms. The topological polar surface area (TPSA) is 49.4 Å². The second-order valence-corrected chi connectivity index (χ2v) is 8.01. The minimum Gasteiger partial charge on any atom is -0.314 e. The van der Waals surface area contributed by atoms with Crippen molar-refractivity contribution in [3.05, 3.63) is 28.8 Å². The van der Waals surface area contributed by atoms with Gasteiger partial charge in [-0.05, 0) is 49.9 Å². The summed E-state index contributed by atoms with van der Waals surface area (Å²) >= 11 is 6.13. The fourth-order valence-electron chi connectivity index (χ4n) is 3.19. The molecule has 2 aliphatic heterocycles. The van der Waals surface area contributed by atoms with E-state index in [9.17, 15) is 8.42 Å². The summed E-state index contributed by atoms with van der Waals surface area (Å²) in [7, 11) is -3.47. The first-order valence-electron chi connectivity index (χ1n) is 6.98. The molecule has 2 atom stereocenters. The monoisotopic (exact) mass is 314 g/mol. The lowest BCUT2D eigenvalue weighted by atomic mass is 9.95. The second-order valence-electron chi connectivity index (χ2n) is 5.69. The molecule has 2 fully saturated rings. The van der Waals surface area contributed by atoms with Crippen LogP contribution in [0.1, 0.15) is 18.4 Å². The number of hydrogen-bond donors (Lipinski definition) is 1. The van der Waals surface area contributed by atoms with Crippen molar-refractivity contribution >= 4 is 21.6 Å². The van der Waals surface area contributed by atoms with Crippen molar-refractivity contribution in [1.29, 1.82) is 0 Å². The summed E-state index contributed by atoms with van der Waals surface area (Å²) in [6.45, 7) is 4.07. The van der Waals surface area contributed by atoms with Gasteiger partial charge in [-0.2, -0.15) is 4.31 Å². The summed E-state index contributed by atoms with van der Waals surface area (Å²) in [4.78, 5) is 0.231. The molecule has 2 unspecified atom stereocenters. The van der Waals surface area contributed by atoms with Crippen LogP contribution in [0.5, 0.6) is 0 Å². The molecule has 0 amide bonds. The van der Waals surface area contributed by atoms with Gasteiger partial charge in [-0.15, -0.1) is 0 Å². The van der Waals surface area contributed by atoms with E-state index in [1.165, 1.54) is 0 Å². The van der Waals surface area contributed by atoms with E-state index in [0.29, 0.717) is 30.1 Å². The molecular weight excluding hydrogens is 296 g/mol. The van der Waals surface area contributed by atoms with Gasteiger partial charge in [0.2, 0.25) is 10.0 Å². The van der Waals surface area contributed by atoms with E-state index in [2.05, 4.69) is 5.32 Å². The average Bonchev–Trinajstić information content (AvgIpc) is 2.85. The van der Waals surface area contributed by atoms with Gasteiger partial charge in [-0.25, -0.2) is 8.42 Å². The van der Waals surface area contributed by atoms with Crippen molar-refractivity contribution in [3.8, 4) is 0 Å². The molecule has 1 aromatic rings. The number of piperidine rings is 1. The maximum Gasteiger partial charge on any atom is 0.244 e. The van der Waals surface area contributed by atoms with Crippen LogP contribution < -0.4 is 5.32 Å². The number of benzene rings is 1. The summed E-state index contributed by atoms with van der Waals surface area (Å²) in [6, 6.07) is 5.60. The summed E-state index contributed by atoms with van der Waals surface area (Å²) in [6.07, 6.45) is 1.94. The first-order chi connectivity index (χ1) is 9.48. The van der Waals surface area contributed by atoms with Crippen molar-refractivity contribution in [2.45, 2.75) is 30.7 Å². The largest absolute Gasteiger partial charge is 0.314 e. The van der Waals surface area contributed by atoms with Gasteiger partial charge in [-0.1, -0.05) is 17.7 Å². The molecule has 2 heterocycles. The fourth-order valence-corrected chi connectivity index (χ4v) is 5.27. The van der Waals surface area contributed by atoms with Crippen LogP contribution in [-0.2, 0) is 10.0 Å². The highest BCUT2D eigenvalue weighted by Gasteiger charge is 2.38. The highest BCUT2D eigenvalue weighted by molar-refractivity contribution is 7.89. The molecule has 1 aromatic carbocycles. The van der Waals surface area contributed by atoms with E-state index >= 15 is 0 Å². The molecule has 110 valence electrons. The molecule has 2 saturated heterocycles. The van der Waals surface area contributed by atoms with Crippen molar-refractivity contribution in [1.82, 2.24) is 9.62 Å². The first kappa shape index (κ1) is 14.3. The van der Waals surface area contributed by atoms with Crippen molar-refractivity contribution < 1.29 is 8.42 Å². The summed E-state index contributed by atoms with van der Waals surface area (Å²) in [5, 5.41) is 3.76. The van der Waals surface area contributed by atoms with Crippen molar-refractivity contribution in [2.75, 3.05) is 19.6 Å². The molecule has 0 aliphatic carbocycles. The van der Waals surface area contributed by atoms with Gasteiger partial charge in [0.1, 0.15) is 4.90 Å². The lowest BCUT2D eigenvalue weighted by Gasteiger charge is -2.34. The third kappa shape index (κ3) is 2.48. The third-order valence-corrected chi connectivity index (χ3v) is 6.67. The van der Waals surface area contributed by atoms with E-state index in [1.54, 1.807) is 22.5 Å². The van der Waals surface area contributed by atoms with Crippen LogP contribution >= 0.6 is 11.6 Å². The van der Waals surface area contributed by atoms with E-state index in [0.717, 1.165) is 24.9 Å². The quantitative estimate of drug-likeness (QED) is 0.908. The summed E-state index contributed by atoms with van der Waals surface area (Å²) in [5.41, 5.74) is 0.965. The van der Waals surface area contributed by atoms with Crippen LogP contribution in [0.4, 0.5) is 0 Å². The highest BCUT2D eigenvalue weighted by atomic mass is 35.5. The molecular formula is C14H19ClN2O2S. The predicted octanol–water partition coefficient (Wildman–Crippen LogP) is 2.02. The summed E-state index contributed by atoms with van der Waals surface area (Å²) < 4.78 is 27.1. The number of nitrogens with zero attached hydrogens (tertiary/aromatic N) is 1. The minimum absolute atomic E-state index is 0.231. The van der Waals surface area contributed by atoms with E-state index in [1.807, 2.05) is 6.92 Å². The normalized spacial score (nSPS) is 27.5. The molecule has 0 radical (unpaired) electrons. The van der Waals surface area contributed by atoms with Crippen LogP contribution in [0, 0.1) is 12.8 Å². The lowest BCUT2D eigenvalue weighted by molar-refractivity contribution is 0.247. The Morgan fingerprint density at radius 3 is 2.90 bits per heavy atom. The van der Waals surface area contributed by atoms with Crippen LogP contribution in [-0.4, -0.2) is 38.4 Å². The van der Waals surface area contributed by atoms with Gasteiger partial charge in [0.25, 0.3) is 0 Å². The minimum atomic E-state index is -3.47. The number of hydrogen-bond acceptors (Lipinski definition) is 3. The molecule has 20 heavy (non-hydrogen) atoms. The van der Waals surface area contributed by atoms with Gasteiger partial charge in [0.05, 0.1) is 5.02 Å². The van der Waals surface area contributed by atoms with Gasteiger partial charge in [0, 0.05) is 19.1 Å². The number of sulfonamides is 1. The Kier molecular flexibility index (Phi) is 3.79. The SMILES string of the molecule is Cc1ccc(S(=O)(=O)N2CCC3NCCC3C2)c(Cl)c1. The van der Waals surface area contributed by atoms with Crippen molar-refractivity contribution in [2.24, 2.45) is 5.92 Å². The Balaban J connectivity index is 1.88. The number of nitrogens with one attached hydrogen (secondary N) is 1. The number of aryl methyl sites for hydroxylation is 1.